The number of ether oxygens (including phenoxy) is 1. The third kappa shape index (κ3) is 4.79. The van der Waals surface area contributed by atoms with E-state index in [0.717, 1.165) is 24.4 Å². The number of hydrogen-bond donors (Lipinski definition) is 0. The molecule has 1 aromatic heterocycles. The van der Waals surface area contributed by atoms with Crippen molar-refractivity contribution < 1.29 is 21.8 Å². The number of rotatable bonds is 4. The summed E-state index contributed by atoms with van der Waals surface area (Å²) in [4.78, 5) is 0. The Hall–Kier alpha value is -3.33. The molecule has 5 aromatic rings. The average molecular weight is 488 g/mol. The van der Waals surface area contributed by atoms with E-state index in [1.807, 2.05) is 42.5 Å². The second kappa shape index (κ2) is 10.7. The van der Waals surface area contributed by atoms with E-state index in [0.29, 0.717) is 5.92 Å². The van der Waals surface area contributed by atoms with Crippen molar-refractivity contribution in [1.29, 1.82) is 0 Å². The molecule has 6 rings (SSSR count). The van der Waals surface area contributed by atoms with E-state index >= 15 is 0 Å². The van der Waals surface area contributed by atoms with Gasteiger partial charge in [0.2, 0.25) is 0 Å². The summed E-state index contributed by atoms with van der Waals surface area (Å²) >= 11 is 0. The second-order valence-corrected chi connectivity index (χ2v) is 8.51. The van der Waals surface area contributed by atoms with Gasteiger partial charge < -0.3 is 4.74 Å². The van der Waals surface area contributed by atoms with Crippen LogP contribution in [0.5, 0.6) is 5.75 Å². The monoisotopic (exact) mass is 488 g/mol. The van der Waals surface area contributed by atoms with Crippen LogP contribution in [0, 0.1) is 0 Å². The first-order chi connectivity index (χ1) is 16.2. The zero-order chi connectivity index (χ0) is 22.6. The topological polar surface area (TPSA) is 27.1 Å². The quantitative estimate of drug-likeness (QED) is 0.200. The van der Waals surface area contributed by atoms with E-state index in [1.54, 1.807) is 7.11 Å². The van der Waals surface area contributed by atoms with Crippen LogP contribution >= 0.6 is 0 Å². The van der Waals surface area contributed by atoms with E-state index in [-0.39, 0.29) is 17.1 Å². The maximum absolute atomic E-state index is 5.30. The summed E-state index contributed by atoms with van der Waals surface area (Å²) in [5.41, 5.74) is 8.89. The molecule has 0 bridgehead atoms. The number of hydrogen-bond acceptors (Lipinski definition) is 2. The van der Waals surface area contributed by atoms with Gasteiger partial charge in [0, 0.05) is 5.56 Å². The molecule has 0 N–H and O–H groups in total. The Morgan fingerprint density at radius 3 is 2.35 bits per heavy atom. The minimum absolute atomic E-state index is 0. The Morgan fingerprint density at radius 2 is 1.71 bits per heavy atom. The molecule has 4 heteroatoms. The first-order valence-electron chi connectivity index (χ1n) is 11.4. The van der Waals surface area contributed by atoms with Gasteiger partial charge in [0.05, 0.1) is 19.3 Å². The molecule has 1 unspecified atom stereocenters. The van der Waals surface area contributed by atoms with E-state index in [4.69, 9.17) is 9.84 Å². The van der Waals surface area contributed by atoms with E-state index in [9.17, 15) is 0 Å². The Morgan fingerprint density at radius 1 is 0.941 bits per heavy atom. The molecule has 1 aliphatic rings. The smallest absolute Gasteiger partial charge is 0.497 e. The van der Waals surface area contributed by atoms with Crippen molar-refractivity contribution in [3.05, 3.63) is 120 Å². The molecule has 0 spiro atoms. The van der Waals surface area contributed by atoms with Crippen molar-refractivity contribution in [2.45, 2.75) is 25.8 Å². The van der Waals surface area contributed by atoms with Gasteiger partial charge in [0.25, 0.3) is 0 Å². The van der Waals surface area contributed by atoms with Crippen molar-refractivity contribution in [2.75, 3.05) is 7.11 Å². The first kappa shape index (κ1) is 23.8. The fourth-order valence-electron chi connectivity index (χ4n) is 4.66. The Kier molecular flexibility index (Phi) is 7.52. The molecular weight excluding hydrogens is 460 g/mol. The fraction of sp³-hybridized carbons (Fsp3) is 0.167. The van der Waals surface area contributed by atoms with Crippen LogP contribution in [0.25, 0.3) is 22.5 Å². The number of aromatic nitrogens is 2. The zero-order valence-corrected chi connectivity index (χ0v) is 20.6. The molecule has 0 amide bonds. The van der Waals surface area contributed by atoms with Crippen LogP contribution in [0.15, 0.2) is 103 Å². The maximum atomic E-state index is 5.30. The molecule has 0 aliphatic heterocycles. The van der Waals surface area contributed by atoms with Crippen LogP contribution in [0.2, 0.25) is 0 Å². The summed E-state index contributed by atoms with van der Waals surface area (Å²) in [7, 11) is 1.70. The third-order valence-electron chi connectivity index (χ3n) is 6.29. The molecule has 172 valence electrons. The minimum atomic E-state index is 0. The minimum Gasteiger partial charge on any atom is -0.497 e. The van der Waals surface area contributed by atoms with Gasteiger partial charge in [-0.2, -0.15) is 41.5 Å². The van der Waals surface area contributed by atoms with Crippen molar-refractivity contribution in [2.24, 2.45) is 0 Å². The Bertz CT molecular complexity index is 1280. The van der Waals surface area contributed by atoms with Crippen molar-refractivity contribution in [3.8, 4) is 28.3 Å². The standard InChI is InChI=1S/C25H23N2O.C5H5.Fe/c1-17-15-23-24(22-10-6-5-9-21(17)22)26-27(25(23)19-7-3-4-8-19)16-18-11-13-20(28-2)14-12-18;1-2-4-5-3-1;/h3-14,17H,15-16H2,1-2H3;1-5H;/q2*-1;+2. The molecule has 4 aromatic carbocycles. The molecule has 1 atom stereocenters. The molecule has 0 saturated carbocycles. The summed E-state index contributed by atoms with van der Waals surface area (Å²) in [6, 6.07) is 35.5. The van der Waals surface area contributed by atoms with Crippen molar-refractivity contribution >= 4 is 0 Å². The van der Waals surface area contributed by atoms with Gasteiger partial charge in [-0.1, -0.05) is 43.3 Å². The summed E-state index contributed by atoms with van der Waals surface area (Å²) in [6.45, 7) is 3.06. The largest absolute Gasteiger partial charge is 2.00 e. The predicted molar refractivity (Wildman–Crippen MR) is 135 cm³/mol. The van der Waals surface area contributed by atoms with E-state index in [1.165, 1.54) is 33.5 Å². The van der Waals surface area contributed by atoms with Gasteiger partial charge in [-0.05, 0) is 46.9 Å². The fourth-order valence-corrected chi connectivity index (χ4v) is 4.66. The molecule has 1 aliphatic carbocycles. The van der Waals surface area contributed by atoms with Crippen molar-refractivity contribution in [3.63, 3.8) is 0 Å². The van der Waals surface area contributed by atoms with Crippen LogP contribution in [0.3, 0.4) is 0 Å². The van der Waals surface area contributed by atoms with Crippen LogP contribution in [0.1, 0.15) is 29.5 Å². The summed E-state index contributed by atoms with van der Waals surface area (Å²) in [5, 5.41) is 5.11. The molecule has 34 heavy (non-hydrogen) atoms. The second-order valence-electron chi connectivity index (χ2n) is 8.51. The zero-order valence-electron chi connectivity index (χ0n) is 19.5. The number of methoxy groups -OCH3 is 1. The first-order valence-corrected chi connectivity index (χ1v) is 11.4. The number of fused-ring (bicyclic) bond motifs is 3. The van der Waals surface area contributed by atoms with Gasteiger partial charge in [-0.25, -0.2) is 12.1 Å². The summed E-state index contributed by atoms with van der Waals surface area (Å²) in [6.07, 6.45) is 1.02. The van der Waals surface area contributed by atoms with Gasteiger partial charge in [-0.15, -0.1) is 11.6 Å². The third-order valence-corrected chi connectivity index (χ3v) is 6.29. The normalized spacial score (nSPS) is 13.6. The van der Waals surface area contributed by atoms with Crippen molar-refractivity contribution in [1.82, 2.24) is 9.78 Å². The van der Waals surface area contributed by atoms with Crippen LogP contribution < -0.4 is 4.74 Å². The van der Waals surface area contributed by atoms with Gasteiger partial charge in [0.15, 0.2) is 0 Å². The summed E-state index contributed by atoms with van der Waals surface area (Å²) in [5.74, 6) is 1.37. The SMILES string of the molecule is COc1ccc(Cn2nc3c(c2-c2ccc[cH-]2)CC(C)c2ccccc2-3)cc1.[Fe+2].c1cc[cH-]c1. The van der Waals surface area contributed by atoms with Gasteiger partial charge in [0.1, 0.15) is 5.75 Å². The van der Waals surface area contributed by atoms with Gasteiger partial charge in [-0.3, -0.25) is 4.68 Å². The van der Waals surface area contributed by atoms with Crippen LogP contribution in [0.4, 0.5) is 0 Å². The Balaban J connectivity index is 0.000000407. The molecule has 0 saturated heterocycles. The Labute approximate surface area is 212 Å². The molecule has 3 nitrogen and oxygen atoms in total. The molecule has 0 fully saturated rings. The average Bonchev–Trinajstić information content (AvgIpc) is 3.63. The predicted octanol–water partition coefficient (Wildman–Crippen LogP) is 7.06. The van der Waals surface area contributed by atoms with Gasteiger partial charge >= 0.3 is 17.1 Å². The molecule has 0 radical (unpaired) electrons. The summed E-state index contributed by atoms with van der Waals surface area (Å²) < 4.78 is 7.47. The van der Waals surface area contributed by atoms with E-state index < -0.39 is 0 Å². The number of benzene rings is 2. The number of nitrogens with zero attached hydrogens (tertiary/aromatic N) is 2. The van der Waals surface area contributed by atoms with Crippen LogP contribution in [-0.4, -0.2) is 16.9 Å². The maximum Gasteiger partial charge on any atom is 2.00 e. The molecular formula is C30H28FeN2O. The molecule has 1 heterocycles. The van der Waals surface area contributed by atoms with Crippen LogP contribution in [-0.2, 0) is 30.0 Å². The van der Waals surface area contributed by atoms with E-state index in [2.05, 4.69) is 72.3 Å².